The highest BCUT2D eigenvalue weighted by Gasteiger charge is 2.14. The van der Waals surface area contributed by atoms with Gasteiger partial charge in [-0.3, -0.25) is 0 Å². The summed E-state index contributed by atoms with van der Waals surface area (Å²) in [6.07, 6.45) is -0.572. The molecule has 6 nitrogen and oxygen atoms in total. The molecule has 0 radical (unpaired) electrons. The van der Waals surface area contributed by atoms with Gasteiger partial charge in [0.25, 0.3) is 0 Å². The smallest absolute Gasteiger partial charge is 0.427 e. The van der Waals surface area contributed by atoms with E-state index in [0.29, 0.717) is 23.8 Å². The molecule has 96 valence electrons. The molecular weight excluding hydrogens is 236 g/mol. The van der Waals surface area contributed by atoms with E-state index in [0.717, 1.165) is 5.56 Å². The van der Waals surface area contributed by atoms with Crippen LogP contribution in [-0.2, 0) is 4.74 Å². The molecule has 1 aliphatic heterocycles. The molecule has 0 atom stereocenters. The average Bonchev–Trinajstić information content (AvgIpc) is 2.83. The van der Waals surface area contributed by atoms with E-state index in [-0.39, 0.29) is 6.79 Å². The molecular formula is C12H14N2O4. The number of nitrogens with zero attached hydrogens (tertiary/aromatic N) is 1. The van der Waals surface area contributed by atoms with E-state index >= 15 is 0 Å². The lowest BCUT2D eigenvalue weighted by Crippen LogP contribution is -2.20. The topological polar surface area (TPSA) is 69.2 Å². The summed E-state index contributed by atoms with van der Waals surface area (Å²) >= 11 is 0. The Bertz CT molecular complexity index is 485. The quantitative estimate of drug-likeness (QED) is 0.657. The summed E-state index contributed by atoms with van der Waals surface area (Å²) in [4.78, 5) is 11.1. The van der Waals surface area contributed by atoms with Crippen molar-refractivity contribution in [1.82, 2.24) is 5.43 Å². The molecule has 0 fully saturated rings. The number of hydrogen-bond acceptors (Lipinski definition) is 5. The number of ether oxygens (including phenoxy) is 3. The van der Waals surface area contributed by atoms with Gasteiger partial charge in [0, 0.05) is 5.56 Å². The zero-order chi connectivity index (χ0) is 13.0. The Hall–Kier alpha value is -2.24. The van der Waals surface area contributed by atoms with Gasteiger partial charge in [-0.05, 0) is 32.0 Å². The van der Waals surface area contributed by atoms with Crippen LogP contribution in [-0.4, -0.2) is 25.2 Å². The van der Waals surface area contributed by atoms with Crippen LogP contribution in [0.3, 0.4) is 0 Å². The standard InChI is InChI=1S/C12H14N2O4/c1-3-16-12(15)14-13-8(2)9-4-5-10-11(6-9)18-7-17-10/h4-6H,3,7H2,1-2H3,(H,14,15). The van der Waals surface area contributed by atoms with Crippen LogP contribution >= 0.6 is 0 Å². The Labute approximate surface area is 105 Å². The highest BCUT2D eigenvalue weighted by molar-refractivity contribution is 5.99. The largest absolute Gasteiger partial charge is 0.454 e. The number of hydrogen-bond donors (Lipinski definition) is 1. The lowest BCUT2D eigenvalue weighted by molar-refractivity contribution is 0.152. The molecule has 18 heavy (non-hydrogen) atoms. The molecule has 1 N–H and O–H groups in total. The summed E-state index contributed by atoms with van der Waals surface area (Å²) in [5, 5.41) is 3.93. The third-order valence-corrected chi connectivity index (χ3v) is 2.38. The molecule has 0 aromatic heterocycles. The number of rotatable bonds is 3. The number of fused-ring (bicyclic) bond motifs is 1. The van der Waals surface area contributed by atoms with Gasteiger partial charge in [0.15, 0.2) is 11.5 Å². The van der Waals surface area contributed by atoms with Gasteiger partial charge in [-0.15, -0.1) is 0 Å². The molecule has 0 aliphatic carbocycles. The minimum Gasteiger partial charge on any atom is -0.454 e. The number of benzene rings is 1. The predicted octanol–water partition coefficient (Wildman–Crippen LogP) is 1.89. The van der Waals surface area contributed by atoms with Crippen LogP contribution in [0.15, 0.2) is 23.3 Å². The fourth-order valence-electron chi connectivity index (χ4n) is 1.48. The van der Waals surface area contributed by atoms with E-state index in [1.54, 1.807) is 19.9 Å². The second-order valence-corrected chi connectivity index (χ2v) is 3.60. The van der Waals surface area contributed by atoms with Crippen LogP contribution in [0.5, 0.6) is 11.5 Å². The van der Waals surface area contributed by atoms with Crippen LogP contribution in [0.2, 0.25) is 0 Å². The molecule has 6 heteroatoms. The second-order valence-electron chi connectivity index (χ2n) is 3.60. The molecule has 1 heterocycles. The molecule has 0 unspecified atom stereocenters. The van der Waals surface area contributed by atoms with Gasteiger partial charge in [-0.25, -0.2) is 10.2 Å². The van der Waals surface area contributed by atoms with Crippen LogP contribution in [0.1, 0.15) is 19.4 Å². The Balaban J connectivity index is 2.06. The first-order valence-corrected chi connectivity index (χ1v) is 5.57. The number of carbonyl (C=O) groups is 1. The van der Waals surface area contributed by atoms with Crippen LogP contribution in [0.4, 0.5) is 4.79 Å². The van der Waals surface area contributed by atoms with Crippen molar-refractivity contribution in [3.63, 3.8) is 0 Å². The number of nitrogens with one attached hydrogen (secondary N) is 1. The average molecular weight is 250 g/mol. The van der Waals surface area contributed by atoms with Crippen molar-refractivity contribution in [2.45, 2.75) is 13.8 Å². The lowest BCUT2D eigenvalue weighted by atomic mass is 10.1. The van der Waals surface area contributed by atoms with Gasteiger partial charge in [0.05, 0.1) is 12.3 Å². The maximum Gasteiger partial charge on any atom is 0.427 e. The van der Waals surface area contributed by atoms with E-state index in [4.69, 9.17) is 14.2 Å². The predicted molar refractivity (Wildman–Crippen MR) is 64.9 cm³/mol. The van der Waals surface area contributed by atoms with E-state index in [2.05, 4.69) is 10.5 Å². The minimum atomic E-state index is -0.572. The third kappa shape index (κ3) is 2.71. The second kappa shape index (κ2) is 5.39. The summed E-state index contributed by atoms with van der Waals surface area (Å²) in [7, 11) is 0. The van der Waals surface area contributed by atoms with Crippen LogP contribution in [0.25, 0.3) is 0 Å². The van der Waals surface area contributed by atoms with Gasteiger partial charge in [0.2, 0.25) is 6.79 Å². The normalized spacial score (nSPS) is 13.3. The maximum atomic E-state index is 11.1. The molecule has 1 aliphatic rings. The van der Waals surface area contributed by atoms with Crippen molar-refractivity contribution in [3.05, 3.63) is 23.8 Å². The summed E-state index contributed by atoms with van der Waals surface area (Å²) in [5.41, 5.74) is 3.80. The number of amides is 1. The van der Waals surface area contributed by atoms with Crippen molar-refractivity contribution in [2.75, 3.05) is 13.4 Å². The Morgan fingerprint density at radius 3 is 3.00 bits per heavy atom. The van der Waals surface area contributed by atoms with E-state index in [1.165, 1.54) is 0 Å². The summed E-state index contributed by atoms with van der Waals surface area (Å²) in [6, 6.07) is 5.47. The fourth-order valence-corrected chi connectivity index (χ4v) is 1.48. The molecule has 1 aromatic carbocycles. The summed E-state index contributed by atoms with van der Waals surface area (Å²) in [5.74, 6) is 1.39. The molecule has 0 spiro atoms. The van der Waals surface area contributed by atoms with E-state index in [9.17, 15) is 4.79 Å². The van der Waals surface area contributed by atoms with Crippen molar-refractivity contribution in [2.24, 2.45) is 5.10 Å². The first-order valence-electron chi connectivity index (χ1n) is 5.57. The van der Waals surface area contributed by atoms with Crippen molar-refractivity contribution in [1.29, 1.82) is 0 Å². The maximum absolute atomic E-state index is 11.1. The fraction of sp³-hybridized carbons (Fsp3) is 0.333. The number of hydrazone groups is 1. The highest BCUT2D eigenvalue weighted by atomic mass is 16.7. The monoisotopic (exact) mass is 250 g/mol. The third-order valence-electron chi connectivity index (χ3n) is 2.38. The van der Waals surface area contributed by atoms with Gasteiger partial charge < -0.3 is 14.2 Å². The van der Waals surface area contributed by atoms with Crippen molar-refractivity contribution in [3.8, 4) is 11.5 Å². The Kier molecular flexibility index (Phi) is 3.66. The molecule has 0 bridgehead atoms. The summed E-state index contributed by atoms with van der Waals surface area (Å²) < 4.78 is 15.2. The summed E-state index contributed by atoms with van der Waals surface area (Å²) in [6.45, 7) is 4.05. The van der Waals surface area contributed by atoms with Crippen molar-refractivity contribution < 1.29 is 19.0 Å². The molecule has 0 saturated carbocycles. The lowest BCUT2D eigenvalue weighted by Gasteiger charge is -2.04. The van der Waals surface area contributed by atoms with Crippen LogP contribution < -0.4 is 14.9 Å². The van der Waals surface area contributed by atoms with Gasteiger partial charge in [0.1, 0.15) is 0 Å². The van der Waals surface area contributed by atoms with Crippen molar-refractivity contribution >= 4 is 11.8 Å². The molecule has 0 saturated heterocycles. The number of carbonyl (C=O) groups excluding carboxylic acids is 1. The Morgan fingerprint density at radius 1 is 1.44 bits per heavy atom. The van der Waals surface area contributed by atoms with Gasteiger partial charge >= 0.3 is 6.09 Å². The van der Waals surface area contributed by atoms with Crippen LogP contribution in [0, 0.1) is 0 Å². The van der Waals surface area contributed by atoms with Gasteiger partial charge in [-0.1, -0.05) is 0 Å². The minimum absolute atomic E-state index is 0.232. The zero-order valence-electron chi connectivity index (χ0n) is 10.2. The SMILES string of the molecule is CCOC(=O)NN=C(C)c1ccc2c(c1)OCO2. The van der Waals surface area contributed by atoms with E-state index < -0.39 is 6.09 Å². The van der Waals surface area contributed by atoms with Gasteiger partial charge in [-0.2, -0.15) is 5.10 Å². The Morgan fingerprint density at radius 2 is 2.22 bits per heavy atom. The first-order chi connectivity index (χ1) is 8.70. The highest BCUT2D eigenvalue weighted by Crippen LogP contribution is 2.32. The zero-order valence-corrected chi connectivity index (χ0v) is 10.2. The van der Waals surface area contributed by atoms with E-state index in [1.807, 2.05) is 12.1 Å². The molecule has 1 amide bonds. The first kappa shape index (κ1) is 12.2. The molecule has 2 rings (SSSR count). The molecule has 1 aromatic rings.